The zero-order valence-corrected chi connectivity index (χ0v) is 14.2. The van der Waals surface area contributed by atoms with Crippen molar-refractivity contribution in [2.75, 3.05) is 11.6 Å². The fraction of sp³-hybridized carbons (Fsp3) is 0.263. The summed E-state index contributed by atoms with van der Waals surface area (Å²) in [6, 6.07) is 7.60. The van der Waals surface area contributed by atoms with Gasteiger partial charge in [-0.05, 0) is 43.0 Å². The Morgan fingerprint density at radius 2 is 2.04 bits per heavy atom. The van der Waals surface area contributed by atoms with Gasteiger partial charge in [-0.3, -0.25) is 0 Å². The van der Waals surface area contributed by atoms with E-state index in [0.29, 0.717) is 29.6 Å². The van der Waals surface area contributed by atoms with Gasteiger partial charge in [-0.2, -0.15) is 0 Å². The molecule has 0 atom stereocenters. The SMILES string of the molecule is O=c1oc2c3c(c(Cl)cc2c2c1CCC2)OCN(c1ccccn1)C3. The number of hydrogen-bond donors (Lipinski definition) is 0. The second kappa shape index (κ2) is 5.49. The lowest BCUT2D eigenvalue weighted by Gasteiger charge is -2.30. The standard InChI is InChI=1S/C19H15ClN2O3/c20-15-8-13-11-4-3-5-12(11)19(23)25-17(13)14-9-22(10-24-18(14)15)16-6-1-2-7-21-16/h1-2,6-8H,3-5,9-10H2. The number of ether oxygens (including phenoxy) is 1. The fourth-order valence-electron chi connectivity index (χ4n) is 3.80. The van der Waals surface area contributed by atoms with Crippen LogP contribution < -0.4 is 15.3 Å². The van der Waals surface area contributed by atoms with Gasteiger partial charge >= 0.3 is 5.63 Å². The molecule has 0 amide bonds. The van der Waals surface area contributed by atoms with Gasteiger partial charge in [0.25, 0.3) is 0 Å². The molecule has 5 rings (SSSR count). The van der Waals surface area contributed by atoms with Crippen LogP contribution in [0.2, 0.25) is 5.02 Å². The van der Waals surface area contributed by atoms with Gasteiger partial charge in [-0.25, -0.2) is 9.78 Å². The third-order valence-electron chi connectivity index (χ3n) is 4.95. The highest BCUT2D eigenvalue weighted by Crippen LogP contribution is 2.41. The molecular formula is C19H15ClN2O3. The summed E-state index contributed by atoms with van der Waals surface area (Å²) in [5, 5.41) is 1.49. The van der Waals surface area contributed by atoms with Crippen LogP contribution in [0.1, 0.15) is 23.1 Å². The molecule has 1 aliphatic carbocycles. The summed E-state index contributed by atoms with van der Waals surface area (Å²) < 4.78 is 11.6. The van der Waals surface area contributed by atoms with Gasteiger partial charge in [0.2, 0.25) is 0 Å². The quantitative estimate of drug-likeness (QED) is 0.624. The Balaban J connectivity index is 1.72. The lowest BCUT2D eigenvalue weighted by Crippen LogP contribution is -2.32. The molecule has 0 bridgehead atoms. The van der Waals surface area contributed by atoms with Crippen LogP contribution >= 0.6 is 11.6 Å². The number of hydrogen-bond acceptors (Lipinski definition) is 5. The Kier molecular flexibility index (Phi) is 3.25. The van der Waals surface area contributed by atoms with Crippen LogP contribution in [-0.4, -0.2) is 11.7 Å². The third kappa shape index (κ3) is 2.23. The van der Waals surface area contributed by atoms with Gasteiger partial charge in [0, 0.05) is 17.1 Å². The molecule has 0 N–H and O–H groups in total. The Hall–Kier alpha value is -2.53. The Morgan fingerprint density at radius 3 is 2.88 bits per heavy atom. The van der Waals surface area contributed by atoms with E-state index in [4.69, 9.17) is 20.8 Å². The minimum absolute atomic E-state index is 0.237. The summed E-state index contributed by atoms with van der Waals surface area (Å²) in [7, 11) is 0. The maximum atomic E-state index is 12.4. The first-order valence-corrected chi connectivity index (χ1v) is 8.69. The number of benzene rings is 1. The van der Waals surface area contributed by atoms with Crippen molar-refractivity contribution in [3.8, 4) is 5.75 Å². The molecule has 0 spiro atoms. The Bertz CT molecular complexity index is 1050. The largest absolute Gasteiger partial charge is 0.471 e. The van der Waals surface area contributed by atoms with E-state index in [1.807, 2.05) is 29.2 Å². The lowest BCUT2D eigenvalue weighted by molar-refractivity contribution is 0.288. The van der Waals surface area contributed by atoms with Gasteiger partial charge < -0.3 is 14.1 Å². The molecule has 126 valence electrons. The molecule has 25 heavy (non-hydrogen) atoms. The molecule has 5 nitrogen and oxygen atoms in total. The molecule has 0 fully saturated rings. The molecule has 3 aromatic rings. The van der Waals surface area contributed by atoms with Crippen molar-refractivity contribution in [2.45, 2.75) is 25.8 Å². The highest BCUT2D eigenvalue weighted by molar-refractivity contribution is 6.33. The molecule has 0 saturated carbocycles. The van der Waals surface area contributed by atoms with E-state index < -0.39 is 0 Å². The lowest BCUT2D eigenvalue weighted by atomic mass is 10.0. The summed E-state index contributed by atoms with van der Waals surface area (Å²) in [6.07, 6.45) is 4.38. The van der Waals surface area contributed by atoms with Crippen molar-refractivity contribution >= 4 is 28.4 Å². The van der Waals surface area contributed by atoms with Crippen LogP contribution in [0.15, 0.2) is 39.7 Å². The average molecular weight is 355 g/mol. The monoisotopic (exact) mass is 354 g/mol. The zero-order valence-electron chi connectivity index (χ0n) is 13.4. The predicted molar refractivity (Wildman–Crippen MR) is 95.4 cm³/mol. The summed E-state index contributed by atoms with van der Waals surface area (Å²) in [4.78, 5) is 18.7. The van der Waals surface area contributed by atoms with Crippen LogP contribution in [0.4, 0.5) is 5.82 Å². The topological polar surface area (TPSA) is 55.6 Å². The molecule has 0 radical (unpaired) electrons. The van der Waals surface area contributed by atoms with Crippen LogP contribution in [0.25, 0.3) is 11.0 Å². The van der Waals surface area contributed by atoms with E-state index in [2.05, 4.69) is 4.98 Å². The molecule has 2 aromatic heterocycles. The molecule has 1 aliphatic heterocycles. The van der Waals surface area contributed by atoms with E-state index in [9.17, 15) is 4.79 Å². The van der Waals surface area contributed by atoms with Crippen molar-refractivity contribution in [3.63, 3.8) is 0 Å². The van der Waals surface area contributed by atoms with E-state index >= 15 is 0 Å². The van der Waals surface area contributed by atoms with Crippen LogP contribution in [0.3, 0.4) is 0 Å². The average Bonchev–Trinajstić information content (AvgIpc) is 3.14. The van der Waals surface area contributed by atoms with Crippen molar-refractivity contribution < 1.29 is 9.15 Å². The van der Waals surface area contributed by atoms with Crippen molar-refractivity contribution in [3.05, 3.63) is 62.6 Å². The molecule has 2 aliphatic rings. The van der Waals surface area contributed by atoms with Crippen molar-refractivity contribution in [2.24, 2.45) is 0 Å². The first-order valence-electron chi connectivity index (χ1n) is 8.31. The van der Waals surface area contributed by atoms with E-state index in [0.717, 1.165) is 47.2 Å². The Morgan fingerprint density at radius 1 is 1.16 bits per heavy atom. The van der Waals surface area contributed by atoms with E-state index in [-0.39, 0.29) is 5.63 Å². The maximum Gasteiger partial charge on any atom is 0.339 e. The molecule has 6 heteroatoms. The highest BCUT2D eigenvalue weighted by Gasteiger charge is 2.28. The highest BCUT2D eigenvalue weighted by atomic mass is 35.5. The van der Waals surface area contributed by atoms with Crippen molar-refractivity contribution in [1.29, 1.82) is 0 Å². The van der Waals surface area contributed by atoms with Crippen LogP contribution in [0.5, 0.6) is 5.75 Å². The number of aromatic nitrogens is 1. The minimum atomic E-state index is -0.237. The predicted octanol–water partition coefficient (Wildman–Crippen LogP) is 3.69. The number of pyridine rings is 1. The fourth-order valence-corrected chi connectivity index (χ4v) is 4.07. The maximum absolute atomic E-state index is 12.4. The first kappa shape index (κ1) is 14.8. The smallest absolute Gasteiger partial charge is 0.339 e. The van der Waals surface area contributed by atoms with Gasteiger partial charge in [-0.15, -0.1) is 0 Å². The molecule has 3 heterocycles. The molecule has 0 unspecified atom stereocenters. The van der Waals surface area contributed by atoms with Gasteiger partial charge in [-0.1, -0.05) is 17.7 Å². The number of fused-ring (bicyclic) bond motifs is 5. The van der Waals surface area contributed by atoms with Gasteiger partial charge in [0.1, 0.15) is 17.2 Å². The van der Waals surface area contributed by atoms with E-state index in [1.165, 1.54) is 0 Å². The second-order valence-corrected chi connectivity index (χ2v) is 6.81. The zero-order chi connectivity index (χ0) is 17.0. The summed E-state index contributed by atoms with van der Waals surface area (Å²) in [5.41, 5.74) is 3.03. The van der Waals surface area contributed by atoms with Crippen LogP contribution in [0, 0.1) is 0 Å². The van der Waals surface area contributed by atoms with Gasteiger partial charge in [0.05, 0.1) is 17.1 Å². The number of anilines is 1. The second-order valence-electron chi connectivity index (χ2n) is 6.40. The minimum Gasteiger partial charge on any atom is -0.471 e. The number of halogens is 1. The molecule has 0 saturated heterocycles. The van der Waals surface area contributed by atoms with Crippen molar-refractivity contribution in [1.82, 2.24) is 4.98 Å². The van der Waals surface area contributed by atoms with E-state index in [1.54, 1.807) is 6.20 Å². The summed E-state index contributed by atoms with van der Waals surface area (Å²) >= 11 is 6.48. The number of rotatable bonds is 1. The summed E-state index contributed by atoms with van der Waals surface area (Å²) in [6.45, 7) is 0.884. The van der Waals surface area contributed by atoms with Crippen LogP contribution in [-0.2, 0) is 19.4 Å². The molecular weight excluding hydrogens is 340 g/mol. The van der Waals surface area contributed by atoms with Gasteiger partial charge in [0.15, 0.2) is 6.73 Å². The first-order chi connectivity index (χ1) is 12.2. The number of aryl methyl sites for hydroxylation is 1. The molecule has 1 aromatic carbocycles. The Labute approximate surface area is 148 Å². The summed E-state index contributed by atoms with van der Waals surface area (Å²) in [5.74, 6) is 1.41. The third-order valence-corrected chi connectivity index (χ3v) is 5.23. The number of nitrogens with zero attached hydrogens (tertiary/aromatic N) is 2. The normalized spacial score (nSPS) is 15.8.